The highest BCUT2D eigenvalue weighted by Crippen LogP contribution is 2.41. The highest BCUT2D eigenvalue weighted by atomic mass is 32.2. The molecule has 0 radical (unpaired) electrons. The Morgan fingerprint density at radius 2 is 1.90 bits per heavy atom. The van der Waals surface area contributed by atoms with E-state index in [-0.39, 0.29) is 11.8 Å². The van der Waals surface area contributed by atoms with Gasteiger partial charge in [0, 0.05) is 28.9 Å². The molecule has 2 heterocycles. The molecule has 1 aliphatic rings. The number of fused-ring (bicyclic) bond motifs is 2. The van der Waals surface area contributed by atoms with Gasteiger partial charge in [-0.1, -0.05) is 37.7 Å². The lowest BCUT2D eigenvalue weighted by atomic mass is 10.0. The van der Waals surface area contributed by atoms with Crippen LogP contribution < -0.4 is 10.2 Å². The zero-order valence-corrected chi connectivity index (χ0v) is 18.0. The van der Waals surface area contributed by atoms with Gasteiger partial charge in [-0.25, -0.2) is 4.98 Å². The summed E-state index contributed by atoms with van der Waals surface area (Å²) in [5.41, 5.74) is 3.91. The normalized spacial score (nSPS) is 12.9. The molecule has 2 amide bonds. The Labute approximate surface area is 180 Å². The first-order chi connectivity index (χ1) is 14.5. The predicted molar refractivity (Wildman–Crippen MR) is 121 cm³/mol. The standard InChI is InChI=1S/C24H23N3O2S/c1-4-27-20-12-11-18(26-22(28)17-9-7-16(8-10-17)15(2)3)14-21(20)30-23-19(24(27)29)6-5-13-25-23/h5-15H,4H2,1-3H3,(H,26,28). The molecular formula is C24H23N3O2S. The van der Waals surface area contributed by atoms with Gasteiger partial charge in [-0.3, -0.25) is 9.59 Å². The van der Waals surface area contributed by atoms with Crippen molar-refractivity contribution in [2.24, 2.45) is 0 Å². The number of hydrogen-bond donors (Lipinski definition) is 1. The van der Waals surface area contributed by atoms with Gasteiger partial charge in [0.25, 0.3) is 11.8 Å². The van der Waals surface area contributed by atoms with Crippen LogP contribution in [0.5, 0.6) is 0 Å². The molecule has 3 aromatic rings. The highest BCUT2D eigenvalue weighted by molar-refractivity contribution is 7.99. The molecule has 2 aromatic carbocycles. The summed E-state index contributed by atoms with van der Waals surface area (Å²) in [4.78, 5) is 32.7. The van der Waals surface area contributed by atoms with E-state index in [1.165, 1.54) is 17.3 Å². The summed E-state index contributed by atoms with van der Waals surface area (Å²) in [6.07, 6.45) is 1.69. The second-order valence-electron chi connectivity index (χ2n) is 7.42. The van der Waals surface area contributed by atoms with Gasteiger partial charge in [0.1, 0.15) is 5.03 Å². The predicted octanol–water partition coefficient (Wildman–Crippen LogP) is 5.59. The Bertz CT molecular complexity index is 1110. The lowest BCUT2D eigenvalue weighted by Crippen LogP contribution is -2.30. The number of pyridine rings is 1. The molecule has 0 bridgehead atoms. The summed E-state index contributed by atoms with van der Waals surface area (Å²) < 4.78 is 0. The van der Waals surface area contributed by atoms with E-state index >= 15 is 0 Å². The van der Waals surface area contributed by atoms with Crippen molar-refractivity contribution in [2.45, 2.75) is 36.6 Å². The molecule has 0 atom stereocenters. The maximum atomic E-state index is 13.0. The Balaban J connectivity index is 1.63. The zero-order chi connectivity index (χ0) is 21.3. The SMILES string of the molecule is CCN1C(=O)c2cccnc2Sc2cc(NC(=O)c3ccc(C(C)C)cc3)ccc21. The van der Waals surface area contributed by atoms with Crippen LogP contribution in [-0.4, -0.2) is 23.3 Å². The summed E-state index contributed by atoms with van der Waals surface area (Å²) in [6, 6.07) is 16.9. The van der Waals surface area contributed by atoms with Gasteiger partial charge in [0.05, 0.1) is 11.3 Å². The molecule has 0 saturated carbocycles. The number of aromatic nitrogens is 1. The van der Waals surface area contributed by atoms with Crippen molar-refractivity contribution in [3.63, 3.8) is 0 Å². The molecule has 1 N–H and O–H groups in total. The lowest BCUT2D eigenvalue weighted by molar-refractivity contribution is 0.0983. The molecule has 5 nitrogen and oxygen atoms in total. The van der Waals surface area contributed by atoms with E-state index in [4.69, 9.17) is 0 Å². The van der Waals surface area contributed by atoms with Gasteiger partial charge in [-0.2, -0.15) is 0 Å². The van der Waals surface area contributed by atoms with Crippen LogP contribution in [0, 0.1) is 0 Å². The number of benzene rings is 2. The quantitative estimate of drug-likeness (QED) is 0.601. The van der Waals surface area contributed by atoms with Gasteiger partial charge in [-0.05, 0) is 60.9 Å². The third-order valence-corrected chi connectivity index (χ3v) is 6.18. The molecular weight excluding hydrogens is 394 g/mol. The van der Waals surface area contributed by atoms with Crippen molar-refractivity contribution in [2.75, 3.05) is 16.8 Å². The van der Waals surface area contributed by atoms with E-state index in [2.05, 4.69) is 24.1 Å². The van der Waals surface area contributed by atoms with E-state index in [0.717, 1.165) is 10.6 Å². The fourth-order valence-electron chi connectivity index (χ4n) is 3.43. The minimum absolute atomic E-state index is 0.0612. The average Bonchev–Trinajstić information content (AvgIpc) is 2.87. The van der Waals surface area contributed by atoms with Gasteiger partial charge in [0.15, 0.2) is 0 Å². The summed E-state index contributed by atoms with van der Waals surface area (Å²) in [5.74, 6) is 0.198. The van der Waals surface area contributed by atoms with E-state index in [1.807, 2.05) is 49.4 Å². The smallest absolute Gasteiger partial charge is 0.261 e. The number of rotatable bonds is 4. The van der Waals surface area contributed by atoms with Crippen LogP contribution in [0.4, 0.5) is 11.4 Å². The van der Waals surface area contributed by atoms with Crippen LogP contribution in [0.25, 0.3) is 0 Å². The summed E-state index contributed by atoms with van der Waals surface area (Å²) >= 11 is 1.44. The number of nitrogens with one attached hydrogen (secondary N) is 1. The van der Waals surface area contributed by atoms with Gasteiger partial charge < -0.3 is 10.2 Å². The number of amides is 2. The third kappa shape index (κ3) is 3.83. The fraction of sp³-hybridized carbons (Fsp3) is 0.208. The monoisotopic (exact) mass is 417 g/mol. The minimum Gasteiger partial charge on any atom is -0.322 e. The highest BCUT2D eigenvalue weighted by Gasteiger charge is 2.27. The second kappa shape index (κ2) is 8.32. The second-order valence-corrected chi connectivity index (χ2v) is 8.45. The van der Waals surface area contributed by atoms with Gasteiger partial charge >= 0.3 is 0 Å². The Morgan fingerprint density at radius 1 is 1.13 bits per heavy atom. The van der Waals surface area contributed by atoms with Crippen LogP contribution in [0.2, 0.25) is 0 Å². The van der Waals surface area contributed by atoms with Crippen LogP contribution >= 0.6 is 11.8 Å². The van der Waals surface area contributed by atoms with Gasteiger partial charge in [0.2, 0.25) is 0 Å². The maximum Gasteiger partial charge on any atom is 0.261 e. The van der Waals surface area contributed by atoms with Crippen LogP contribution in [-0.2, 0) is 0 Å². The number of nitrogens with zero attached hydrogens (tertiary/aromatic N) is 2. The summed E-state index contributed by atoms with van der Waals surface area (Å²) in [5, 5.41) is 3.64. The maximum absolute atomic E-state index is 13.0. The molecule has 30 heavy (non-hydrogen) atoms. The topological polar surface area (TPSA) is 62.3 Å². The van der Waals surface area contributed by atoms with E-state index in [1.54, 1.807) is 23.2 Å². The zero-order valence-electron chi connectivity index (χ0n) is 17.2. The first kappa shape index (κ1) is 20.2. The molecule has 0 spiro atoms. The third-order valence-electron chi connectivity index (χ3n) is 5.12. The van der Waals surface area contributed by atoms with Crippen molar-refractivity contribution in [1.82, 2.24) is 4.98 Å². The number of anilines is 2. The number of carbonyl (C=O) groups is 2. The molecule has 4 rings (SSSR count). The minimum atomic E-state index is -0.161. The molecule has 1 aliphatic heterocycles. The van der Waals surface area contributed by atoms with Crippen molar-refractivity contribution in [1.29, 1.82) is 0 Å². The lowest BCUT2D eigenvalue weighted by Gasteiger charge is -2.21. The molecule has 152 valence electrons. The Kier molecular flexibility index (Phi) is 5.59. The molecule has 0 fully saturated rings. The van der Waals surface area contributed by atoms with Crippen molar-refractivity contribution in [3.05, 3.63) is 77.5 Å². The van der Waals surface area contributed by atoms with E-state index in [0.29, 0.717) is 34.3 Å². The van der Waals surface area contributed by atoms with Gasteiger partial charge in [-0.15, -0.1) is 0 Å². The van der Waals surface area contributed by atoms with E-state index < -0.39 is 0 Å². The molecule has 0 aliphatic carbocycles. The Morgan fingerprint density at radius 3 is 2.60 bits per heavy atom. The molecule has 0 unspecified atom stereocenters. The fourth-order valence-corrected chi connectivity index (χ4v) is 4.48. The summed E-state index contributed by atoms with van der Waals surface area (Å²) in [7, 11) is 0. The Hall–Kier alpha value is -3.12. The average molecular weight is 418 g/mol. The van der Waals surface area contributed by atoms with Crippen LogP contribution in [0.1, 0.15) is 53.0 Å². The van der Waals surface area contributed by atoms with Crippen molar-refractivity contribution >= 4 is 35.0 Å². The molecule has 1 aromatic heterocycles. The largest absolute Gasteiger partial charge is 0.322 e. The van der Waals surface area contributed by atoms with Crippen molar-refractivity contribution in [3.8, 4) is 0 Å². The number of carbonyl (C=O) groups excluding carboxylic acids is 2. The first-order valence-corrected chi connectivity index (χ1v) is 10.8. The summed E-state index contributed by atoms with van der Waals surface area (Å²) in [6.45, 7) is 6.75. The first-order valence-electron chi connectivity index (χ1n) is 9.98. The molecule has 0 saturated heterocycles. The van der Waals surface area contributed by atoms with Crippen LogP contribution in [0.15, 0.2) is 70.7 Å². The van der Waals surface area contributed by atoms with E-state index in [9.17, 15) is 9.59 Å². The molecule has 6 heteroatoms. The van der Waals surface area contributed by atoms with Crippen LogP contribution in [0.3, 0.4) is 0 Å². The number of hydrogen-bond acceptors (Lipinski definition) is 4. The van der Waals surface area contributed by atoms with Crippen molar-refractivity contribution < 1.29 is 9.59 Å².